The molecule has 0 amide bonds. The summed E-state index contributed by atoms with van der Waals surface area (Å²) in [4.78, 5) is 5.02. The SMILES string of the molecule is N=C(N)c1cc(Cl)ccc1Sc1ccc(Cl)cn1. The maximum Gasteiger partial charge on any atom is 0.123 e. The van der Waals surface area contributed by atoms with Gasteiger partial charge in [0.25, 0.3) is 0 Å². The number of amidine groups is 1. The van der Waals surface area contributed by atoms with E-state index < -0.39 is 0 Å². The van der Waals surface area contributed by atoms with Gasteiger partial charge in [0, 0.05) is 21.7 Å². The Kier molecular flexibility index (Phi) is 4.11. The second kappa shape index (κ2) is 5.61. The molecule has 2 rings (SSSR count). The molecule has 0 saturated carbocycles. The van der Waals surface area contributed by atoms with Gasteiger partial charge in [0.15, 0.2) is 0 Å². The maximum atomic E-state index is 7.54. The Morgan fingerprint density at radius 1 is 1.17 bits per heavy atom. The van der Waals surface area contributed by atoms with Crippen molar-refractivity contribution in [1.29, 1.82) is 5.41 Å². The molecule has 0 fully saturated rings. The summed E-state index contributed by atoms with van der Waals surface area (Å²) in [5.74, 6) is -0.0195. The van der Waals surface area contributed by atoms with Crippen molar-refractivity contribution in [2.45, 2.75) is 9.92 Å². The Hall–Kier alpha value is -1.23. The molecule has 6 heteroatoms. The van der Waals surface area contributed by atoms with Gasteiger partial charge in [-0.3, -0.25) is 5.41 Å². The Bertz CT molecular complexity index is 584. The molecule has 0 unspecified atom stereocenters. The van der Waals surface area contributed by atoms with Gasteiger partial charge >= 0.3 is 0 Å². The molecule has 3 nitrogen and oxygen atoms in total. The van der Waals surface area contributed by atoms with Crippen LogP contribution in [0.5, 0.6) is 0 Å². The van der Waals surface area contributed by atoms with Crippen molar-refractivity contribution < 1.29 is 0 Å². The van der Waals surface area contributed by atoms with E-state index in [1.807, 2.05) is 12.1 Å². The molecular weight excluding hydrogens is 289 g/mol. The molecule has 0 bridgehead atoms. The quantitative estimate of drug-likeness (QED) is 0.668. The van der Waals surface area contributed by atoms with Crippen molar-refractivity contribution >= 4 is 40.8 Å². The lowest BCUT2D eigenvalue weighted by molar-refractivity contribution is 1.13. The lowest BCUT2D eigenvalue weighted by atomic mass is 10.2. The number of aromatic nitrogens is 1. The average molecular weight is 298 g/mol. The first-order valence-electron chi connectivity index (χ1n) is 4.99. The normalized spacial score (nSPS) is 10.3. The molecule has 92 valence electrons. The number of benzene rings is 1. The van der Waals surface area contributed by atoms with Crippen LogP contribution in [-0.4, -0.2) is 10.8 Å². The lowest BCUT2D eigenvalue weighted by Gasteiger charge is -2.07. The largest absolute Gasteiger partial charge is 0.384 e. The van der Waals surface area contributed by atoms with Crippen molar-refractivity contribution in [1.82, 2.24) is 4.98 Å². The van der Waals surface area contributed by atoms with Crippen LogP contribution in [0.2, 0.25) is 10.0 Å². The third-order valence-electron chi connectivity index (χ3n) is 2.15. The van der Waals surface area contributed by atoms with Crippen LogP contribution in [0.15, 0.2) is 46.5 Å². The number of hydrogen-bond acceptors (Lipinski definition) is 3. The third kappa shape index (κ3) is 3.16. The number of nitrogen functional groups attached to an aromatic ring is 1. The summed E-state index contributed by atoms with van der Waals surface area (Å²) >= 11 is 13.1. The lowest BCUT2D eigenvalue weighted by Crippen LogP contribution is -2.12. The van der Waals surface area contributed by atoms with Crippen molar-refractivity contribution in [2.75, 3.05) is 0 Å². The summed E-state index contributed by atoms with van der Waals surface area (Å²) in [6.45, 7) is 0. The van der Waals surface area contributed by atoms with Gasteiger partial charge in [-0.1, -0.05) is 35.0 Å². The van der Waals surface area contributed by atoms with Gasteiger partial charge in [-0.25, -0.2) is 4.98 Å². The first kappa shape index (κ1) is 13.2. The van der Waals surface area contributed by atoms with E-state index in [-0.39, 0.29) is 5.84 Å². The molecule has 0 spiro atoms. The van der Waals surface area contributed by atoms with Gasteiger partial charge in [0.05, 0.1) is 5.02 Å². The number of nitrogens with zero attached hydrogens (tertiary/aromatic N) is 1. The fraction of sp³-hybridized carbons (Fsp3) is 0. The highest BCUT2D eigenvalue weighted by Crippen LogP contribution is 2.31. The minimum absolute atomic E-state index is 0.0195. The molecule has 0 aliphatic rings. The van der Waals surface area contributed by atoms with E-state index in [2.05, 4.69) is 4.98 Å². The summed E-state index contributed by atoms with van der Waals surface area (Å²) < 4.78 is 0. The van der Waals surface area contributed by atoms with Crippen LogP contribution >= 0.6 is 35.0 Å². The van der Waals surface area contributed by atoms with Gasteiger partial charge in [-0.05, 0) is 30.3 Å². The molecule has 1 aromatic carbocycles. The fourth-order valence-electron chi connectivity index (χ4n) is 1.34. The van der Waals surface area contributed by atoms with Crippen LogP contribution in [-0.2, 0) is 0 Å². The molecule has 0 atom stereocenters. The smallest absolute Gasteiger partial charge is 0.123 e. The van der Waals surface area contributed by atoms with Crippen LogP contribution in [0.25, 0.3) is 0 Å². The zero-order valence-electron chi connectivity index (χ0n) is 9.15. The molecule has 0 radical (unpaired) electrons. The van der Waals surface area contributed by atoms with Gasteiger partial charge in [0.1, 0.15) is 10.9 Å². The molecule has 0 saturated heterocycles. The Morgan fingerprint density at radius 2 is 1.89 bits per heavy atom. The van der Waals surface area contributed by atoms with E-state index in [4.69, 9.17) is 34.3 Å². The number of rotatable bonds is 3. The second-order valence-electron chi connectivity index (χ2n) is 3.47. The molecule has 18 heavy (non-hydrogen) atoms. The molecule has 3 N–H and O–H groups in total. The monoisotopic (exact) mass is 297 g/mol. The van der Waals surface area contributed by atoms with E-state index in [1.165, 1.54) is 11.8 Å². The molecular formula is C12H9Cl2N3S. The first-order valence-corrected chi connectivity index (χ1v) is 6.57. The van der Waals surface area contributed by atoms with E-state index in [0.29, 0.717) is 15.6 Å². The molecule has 1 heterocycles. The van der Waals surface area contributed by atoms with Crippen LogP contribution in [0.4, 0.5) is 0 Å². The average Bonchev–Trinajstić information content (AvgIpc) is 2.34. The van der Waals surface area contributed by atoms with E-state index in [1.54, 1.807) is 24.4 Å². The minimum atomic E-state index is -0.0195. The summed E-state index contributed by atoms with van der Waals surface area (Å²) in [5.41, 5.74) is 6.13. The van der Waals surface area contributed by atoms with Crippen LogP contribution in [0.3, 0.4) is 0 Å². The van der Waals surface area contributed by atoms with Crippen molar-refractivity contribution in [3.05, 3.63) is 52.1 Å². The van der Waals surface area contributed by atoms with E-state index >= 15 is 0 Å². The van der Waals surface area contributed by atoms with Gasteiger partial charge in [-0.15, -0.1) is 0 Å². The topological polar surface area (TPSA) is 62.8 Å². The number of pyridine rings is 1. The van der Waals surface area contributed by atoms with Crippen molar-refractivity contribution in [2.24, 2.45) is 5.73 Å². The molecule has 0 aliphatic heterocycles. The Labute approximate surface area is 119 Å². The third-order valence-corrected chi connectivity index (χ3v) is 3.63. The maximum absolute atomic E-state index is 7.54. The molecule has 0 aliphatic carbocycles. The number of hydrogen-bond donors (Lipinski definition) is 2. The van der Waals surface area contributed by atoms with Gasteiger partial charge < -0.3 is 5.73 Å². The first-order chi connectivity index (χ1) is 8.56. The van der Waals surface area contributed by atoms with Crippen LogP contribution < -0.4 is 5.73 Å². The van der Waals surface area contributed by atoms with E-state index in [0.717, 1.165) is 9.92 Å². The highest BCUT2D eigenvalue weighted by atomic mass is 35.5. The zero-order valence-corrected chi connectivity index (χ0v) is 11.5. The standard InChI is InChI=1S/C12H9Cl2N3S/c13-7-1-3-10(9(5-7)12(15)16)18-11-4-2-8(14)6-17-11/h1-6H,(H3,15,16). The highest BCUT2D eigenvalue weighted by Gasteiger charge is 2.08. The molecule has 2 aromatic rings. The predicted octanol–water partition coefficient (Wildman–Crippen LogP) is 3.82. The number of halogens is 2. The summed E-state index contributed by atoms with van der Waals surface area (Å²) in [7, 11) is 0. The van der Waals surface area contributed by atoms with E-state index in [9.17, 15) is 0 Å². The minimum Gasteiger partial charge on any atom is -0.384 e. The van der Waals surface area contributed by atoms with Crippen LogP contribution in [0.1, 0.15) is 5.56 Å². The highest BCUT2D eigenvalue weighted by molar-refractivity contribution is 7.99. The van der Waals surface area contributed by atoms with Gasteiger partial charge in [-0.2, -0.15) is 0 Å². The number of nitrogens with one attached hydrogen (secondary N) is 1. The van der Waals surface area contributed by atoms with Crippen molar-refractivity contribution in [3.8, 4) is 0 Å². The number of nitrogens with two attached hydrogens (primary N) is 1. The Morgan fingerprint density at radius 3 is 2.50 bits per heavy atom. The fourth-order valence-corrected chi connectivity index (χ4v) is 2.50. The Balaban J connectivity index is 2.34. The summed E-state index contributed by atoms with van der Waals surface area (Å²) in [6.07, 6.45) is 1.58. The second-order valence-corrected chi connectivity index (χ2v) is 5.41. The predicted molar refractivity (Wildman–Crippen MR) is 75.8 cm³/mol. The zero-order chi connectivity index (χ0) is 13.1. The summed E-state index contributed by atoms with van der Waals surface area (Å²) in [5, 5.41) is 9.45. The van der Waals surface area contributed by atoms with Crippen LogP contribution in [0, 0.1) is 5.41 Å². The van der Waals surface area contributed by atoms with Gasteiger partial charge in [0.2, 0.25) is 0 Å². The summed E-state index contributed by atoms with van der Waals surface area (Å²) in [6, 6.07) is 8.82. The van der Waals surface area contributed by atoms with Crippen molar-refractivity contribution in [3.63, 3.8) is 0 Å². The molecule has 1 aromatic heterocycles.